The van der Waals surface area contributed by atoms with Crippen molar-refractivity contribution in [2.75, 3.05) is 6.54 Å². The summed E-state index contributed by atoms with van der Waals surface area (Å²) in [5.74, 6) is -0.195. The van der Waals surface area contributed by atoms with Gasteiger partial charge >= 0.3 is 0 Å². The van der Waals surface area contributed by atoms with E-state index in [4.69, 9.17) is 5.73 Å². The average molecular weight is 216 g/mol. The van der Waals surface area contributed by atoms with Crippen molar-refractivity contribution in [2.24, 2.45) is 5.73 Å². The quantitative estimate of drug-likeness (QED) is 0.725. The summed E-state index contributed by atoms with van der Waals surface area (Å²) >= 11 is 3.14. The smallest absolute Gasteiger partial charge is 0.195 e. The molecule has 1 rings (SSSR count). The number of carbonyl (C=O) groups is 1. The van der Waals surface area contributed by atoms with E-state index >= 15 is 0 Å². The molecule has 1 heterocycles. The summed E-state index contributed by atoms with van der Waals surface area (Å²) in [7, 11) is 0. The predicted molar refractivity (Wildman–Crippen MR) is 43.1 cm³/mol. The lowest BCUT2D eigenvalue weighted by molar-refractivity contribution is 0.0995. The summed E-state index contributed by atoms with van der Waals surface area (Å²) in [6.07, 6.45) is 2.82. The van der Waals surface area contributed by atoms with Crippen molar-refractivity contribution in [1.82, 2.24) is 9.97 Å². The lowest BCUT2D eigenvalue weighted by Crippen LogP contribution is -2.15. The summed E-state index contributed by atoms with van der Waals surface area (Å²) in [5, 5.41) is 0. The van der Waals surface area contributed by atoms with Crippen LogP contribution in [0.2, 0.25) is 0 Å². The molecule has 0 radical (unpaired) electrons. The van der Waals surface area contributed by atoms with E-state index in [0.29, 0.717) is 10.2 Å². The Morgan fingerprint density at radius 2 is 2.45 bits per heavy atom. The van der Waals surface area contributed by atoms with Crippen LogP contribution < -0.4 is 5.73 Å². The van der Waals surface area contributed by atoms with Gasteiger partial charge in [0.05, 0.1) is 11.0 Å². The molecule has 4 nitrogen and oxygen atoms in total. The van der Waals surface area contributed by atoms with Gasteiger partial charge in [-0.2, -0.15) is 0 Å². The van der Waals surface area contributed by atoms with Gasteiger partial charge in [-0.15, -0.1) is 0 Å². The van der Waals surface area contributed by atoms with E-state index in [1.54, 1.807) is 0 Å². The Bertz CT molecular complexity index is 276. The first-order chi connectivity index (χ1) is 5.25. The van der Waals surface area contributed by atoms with E-state index in [-0.39, 0.29) is 12.3 Å². The second-order valence-electron chi connectivity index (χ2n) is 1.85. The van der Waals surface area contributed by atoms with Gasteiger partial charge in [-0.3, -0.25) is 4.79 Å². The SMILES string of the molecule is NCC(=O)c1ncncc1Br. The normalized spacial score (nSPS) is 9.64. The highest BCUT2D eigenvalue weighted by molar-refractivity contribution is 9.10. The van der Waals surface area contributed by atoms with Crippen LogP contribution in [0.25, 0.3) is 0 Å². The zero-order chi connectivity index (χ0) is 8.27. The van der Waals surface area contributed by atoms with Gasteiger partial charge in [0.1, 0.15) is 12.0 Å². The second-order valence-corrected chi connectivity index (χ2v) is 2.70. The first-order valence-electron chi connectivity index (χ1n) is 2.94. The Hall–Kier alpha value is -0.810. The van der Waals surface area contributed by atoms with E-state index in [1.165, 1.54) is 12.5 Å². The number of hydrogen-bond donors (Lipinski definition) is 1. The number of halogens is 1. The number of aromatic nitrogens is 2. The van der Waals surface area contributed by atoms with Crippen molar-refractivity contribution in [2.45, 2.75) is 0 Å². The third kappa shape index (κ3) is 1.81. The standard InChI is InChI=1S/C6H6BrN3O/c7-4-2-9-3-10-6(4)5(11)1-8/h2-3H,1,8H2. The van der Waals surface area contributed by atoms with Crippen molar-refractivity contribution >= 4 is 21.7 Å². The number of nitrogens with zero attached hydrogens (tertiary/aromatic N) is 2. The predicted octanol–water partition coefficient (Wildman–Crippen LogP) is 0.380. The summed E-state index contributed by atoms with van der Waals surface area (Å²) in [6.45, 7) is -0.0321. The molecule has 0 aromatic carbocycles. The maximum Gasteiger partial charge on any atom is 0.195 e. The number of hydrogen-bond acceptors (Lipinski definition) is 4. The summed E-state index contributed by atoms with van der Waals surface area (Å²) in [6, 6.07) is 0. The molecule has 0 bridgehead atoms. The van der Waals surface area contributed by atoms with Crippen molar-refractivity contribution in [1.29, 1.82) is 0 Å². The van der Waals surface area contributed by atoms with E-state index < -0.39 is 0 Å². The van der Waals surface area contributed by atoms with Gasteiger partial charge in [0.25, 0.3) is 0 Å². The molecule has 0 saturated heterocycles. The van der Waals surface area contributed by atoms with Crippen LogP contribution in [-0.2, 0) is 0 Å². The molecular formula is C6H6BrN3O. The molecule has 0 aliphatic carbocycles. The maximum atomic E-state index is 11.0. The molecule has 1 aromatic rings. The largest absolute Gasteiger partial charge is 0.324 e. The molecule has 0 fully saturated rings. The molecule has 0 unspecified atom stereocenters. The summed E-state index contributed by atoms with van der Waals surface area (Å²) < 4.78 is 0.579. The van der Waals surface area contributed by atoms with E-state index in [1.807, 2.05) is 0 Å². The van der Waals surface area contributed by atoms with Gasteiger partial charge in [-0.25, -0.2) is 9.97 Å². The van der Waals surface area contributed by atoms with Crippen molar-refractivity contribution in [3.8, 4) is 0 Å². The van der Waals surface area contributed by atoms with Crippen molar-refractivity contribution in [3.05, 3.63) is 22.7 Å². The Morgan fingerprint density at radius 1 is 1.73 bits per heavy atom. The highest BCUT2D eigenvalue weighted by atomic mass is 79.9. The fourth-order valence-electron chi connectivity index (χ4n) is 0.615. The van der Waals surface area contributed by atoms with E-state index in [0.717, 1.165) is 0 Å². The molecule has 0 saturated carbocycles. The number of Topliss-reactive ketones (excluding diaryl/α,β-unsaturated/α-hetero) is 1. The van der Waals surface area contributed by atoms with Gasteiger partial charge in [0.2, 0.25) is 0 Å². The number of ketones is 1. The molecule has 0 spiro atoms. The molecule has 11 heavy (non-hydrogen) atoms. The molecule has 1 aromatic heterocycles. The topological polar surface area (TPSA) is 68.9 Å². The zero-order valence-corrected chi connectivity index (χ0v) is 7.21. The Labute approximate surface area is 72.0 Å². The fraction of sp³-hybridized carbons (Fsp3) is 0.167. The van der Waals surface area contributed by atoms with Crippen molar-refractivity contribution < 1.29 is 4.79 Å². The van der Waals surface area contributed by atoms with Gasteiger partial charge in [-0.05, 0) is 15.9 Å². The summed E-state index contributed by atoms with van der Waals surface area (Å²) in [5.41, 5.74) is 5.48. The Morgan fingerprint density at radius 3 is 3.00 bits per heavy atom. The maximum absolute atomic E-state index is 11.0. The van der Waals surface area contributed by atoms with Crippen LogP contribution in [0.15, 0.2) is 17.0 Å². The third-order valence-corrected chi connectivity index (χ3v) is 1.70. The lowest BCUT2D eigenvalue weighted by Gasteiger charge is -1.96. The van der Waals surface area contributed by atoms with Crippen LogP contribution in [0.5, 0.6) is 0 Å². The molecule has 2 N–H and O–H groups in total. The zero-order valence-electron chi connectivity index (χ0n) is 5.62. The van der Waals surface area contributed by atoms with Gasteiger partial charge < -0.3 is 5.73 Å². The third-order valence-electron chi connectivity index (χ3n) is 1.12. The van der Waals surface area contributed by atoms with Crippen molar-refractivity contribution in [3.63, 3.8) is 0 Å². The van der Waals surface area contributed by atoms with Crippen LogP contribution >= 0.6 is 15.9 Å². The molecule has 0 aliphatic heterocycles. The monoisotopic (exact) mass is 215 g/mol. The van der Waals surface area contributed by atoms with Crippen LogP contribution in [-0.4, -0.2) is 22.3 Å². The highest BCUT2D eigenvalue weighted by Crippen LogP contribution is 2.11. The molecule has 0 aliphatic rings. The van der Waals surface area contributed by atoms with Crippen LogP contribution in [0.3, 0.4) is 0 Å². The highest BCUT2D eigenvalue weighted by Gasteiger charge is 2.08. The lowest BCUT2D eigenvalue weighted by atomic mass is 10.3. The minimum Gasteiger partial charge on any atom is -0.324 e. The van der Waals surface area contributed by atoms with Gasteiger partial charge in [-0.1, -0.05) is 0 Å². The Balaban J connectivity index is 3.03. The number of nitrogens with two attached hydrogens (primary N) is 1. The Kier molecular flexibility index (Phi) is 2.67. The molecular weight excluding hydrogens is 210 g/mol. The minimum atomic E-state index is -0.195. The fourth-order valence-corrected chi connectivity index (χ4v) is 1.06. The number of carbonyl (C=O) groups excluding carboxylic acids is 1. The molecule has 58 valence electrons. The second kappa shape index (κ2) is 3.54. The first-order valence-corrected chi connectivity index (χ1v) is 3.73. The van der Waals surface area contributed by atoms with E-state index in [2.05, 4.69) is 25.9 Å². The number of rotatable bonds is 2. The van der Waals surface area contributed by atoms with Crippen LogP contribution in [0, 0.1) is 0 Å². The summed E-state index contributed by atoms with van der Waals surface area (Å²) in [4.78, 5) is 18.5. The minimum absolute atomic E-state index is 0.0321. The first kappa shape index (κ1) is 8.29. The molecule has 0 atom stereocenters. The average Bonchev–Trinajstić information content (AvgIpc) is 2.04. The van der Waals surface area contributed by atoms with E-state index in [9.17, 15) is 4.79 Å². The van der Waals surface area contributed by atoms with Gasteiger partial charge in [0.15, 0.2) is 5.78 Å². The molecule has 5 heteroatoms. The molecule has 0 amide bonds. The van der Waals surface area contributed by atoms with Gasteiger partial charge in [0, 0.05) is 6.20 Å². The van der Waals surface area contributed by atoms with Crippen LogP contribution in [0.1, 0.15) is 10.5 Å². The van der Waals surface area contributed by atoms with Crippen LogP contribution in [0.4, 0.5) is 0 Å².